The lowest BCUT2D eigenvalue weighted by atomic mass is 9.82. The smallest absolute Gasteiger partial charge is 0.253 e. The highest BCUT2D eigenvalue weighted by molar-refractivity contribution is 5.95. The van der Waals surface area contributed by atoms with Crippen LogP contribution in [0.2, 0.25) is 0 Å². The van der Waals surface area contributed by atoms with Crippen molar-refractivity contribution in [1.82, 2.24) is 9.47 Å². The number of carbonyl (C=O) groups is 1. The van der Waals surface area contributed by atoms with Gasteiger partial charge >= 0.3 is 0 Å². The zero-order valence-electron chi connectivity index (χ0n) is 18.0. The van der Waals surface area contributed by atoms with E-state index in [2.05, 4.69) is 40.3 Å². The van der Waals surface area contributed by atoms with Crippen LogP contribution in [0.1, 0.15) is 35.8 Å². The van der Waals surface area contributed by atoms with E-state index in [9.17, 15) is 4.79 Å². The second kappa shape index (κ2) is 7.22. The van der Waals surface area contributed by atoms with Crippen molar-refractivity contribution in [3.8, 4) is 22.9 Å². The molecule has 1 saturated heterocycles. The maximum atomic E-state index is 13.2. The van der Waals surface area contributed by atoms with Crippen molar-refractivity contribution in [3.63, 3.8) is 0 Å². The fraction of sp³-hybridized carbons (Fsp3) is 0.320. The minimum atomic E-state index is -0.215. The molecule has 32 heavy (non-hydrogen) atoms. The lowest BCUT2D eigenvalue weighted by Crippen LogP contribution is -2.51. The number of hydrogen-bond donors (Lipinski definition) is 1. The van der Waals surface area contributed by atoms with Gasteiger partial charge in [0.25, 0.3) is 5.91 Å². The first-order valence-electron chi connectivity index (χ1n) is 11.1. The number of hydrogen-bond acceptors (Lipinski definition) is 5. The van der Waals surface area contributed by atoms with E-state index in [0.29, 0.717) is 36.8 Å². The molecule has 0 aliphatic carbocycles. The Balaban J connectivity index is 1.25. The Bertz CT molecular complexity index is 1190. The Kier molecular flexibility index (Phi) is 4.31. The van der Waals surface area contributed by atoms with Gasteiger partial charge in [0.15, 0.2) is 11.5 Å². The van der Waals surface area contributed by atoms with Crippen LogP contribution in [0, 0.1) is 0 Å². The highest BCUT2D eigenvalue weighted by atomic mass is 16.7. The third-order valence-corrected chi connectivity index (χ3v) is 6.68. The summed E-state index contributed by atoms with van der Waals surface area (Å²) in [6.45, 7) is 4.18. The zero-order valence-corrected chi connectivity index (χ0v) is 18.0. The number of ether oxygens (including phenoxy) is 3. The number of benzene rings is 2. The van der Waals surface area contributed by atoms with Crippen molar-refractivity contribution < 1.29 is 19.0 Å². The predicted molar refractivity (Wildman–Crippen MR) is 120 cm³/mol. The van der Waals surface area contributed by atoms with E-state index in [-0.39, 0.29) is 18.2 Å². The normalized spacial score (nSPS) is 17.5. The molecule has 4 heterocycles. The molecule has 1 aromatic heterocycles. The van der Waals surface area contributed by atoms with E-state index >= 15 is 0 Å². The number of nitrogens with one attached hydrogen (secondary N) is 1. The first-order valence-corrected chi connectivity index (χ1v) is 11.1. The minimum Gasteiger partial charge on any atom is -0.494 e. The second-order valence-electron chi connectivity index (χ2n) is 8.44. The summed E-state index contributed by atoms with van der Waals surface area (Å²) in [5, 5.41) is 3.81. The predicted octanol–water partition coefficient (Wildman–Crippen LogP) is 4.16. The van der Waals surface area contributed by atoms with Gasteiger partial charge < -0.3 is 29.0 Å². The average Bonchev–Trinajstić information content (AvgIpc) is 3.49. The average molecular weight is 431 g/mol. The molecule has 6 rings (SSSR count). The number of amides is 1. The molecule has 1 fully saturated rings. The molecule has 0 bridgehead atoms. The van der Waals surface area contributed by atoms with Gasteiger partial charge in [-0.1, -0.05) is 0 Å². The third-order valence-electron chi connectivity index (χ3n) is 6.68. The second-order valence-corrected chi connectivity index (χ2v) is 8.44. The van der Waals surface area contributed by atoms with Crippen LogP contribution in [0.5, 0.6) is 17.2 Å². The number of aromatic nitrogens is 1. The molecular weight excluding hydrogens is 406 g/mol. The SMILES string of the molecule is CCOc1ccc2c(c1)NC1(CCN(C(=O)c3ccc4c(c3)OCO4)CC1)c1cccn1-2. The van der Waals surface area contributed by atoms with E-state index in [0.717, 1.165) is 30.0 Å². The Morgan fingerprint density at radius 1 is 1.09 bits per heavy atom. The summed E-state index contributed by atoms with van der Waals surface area (Å²) in [6, 6.07) is 15.9. The van der Waals surface area contributed by atoms with E-state index < -0.39 is 0 Å². The number of rotatable bonds is 3. The van der Waals surface area contributed by atoms with E-state index in [1.165, 1.54) is 5.69 Å². The number of carbonyl (C=O) groups excluding carboxylic acids is 1. The van der Waals surface area contributed by atoms with Crippen molar-refractivity contribution in [3.05, 3.63) is 66.0 Å². The quantitative estimate of drug-likeness (QED) is 0.675. The molecule has 7 nitrogen and oxygen atoms in total. The van der Waals surface area contributed by atoms with Crippen LogP contribution in [0.3, 0.4) is 0 Å². The van der Waals surface area contributed by atoms with Crippen LogP contribution < -0.4 is 19.5 Å². The van der Waals surface area contributed by atoms with Gasteiger partial charge in [-0.3, -0.25) is 4.79 Å². The molecular formula is C25H25N3O4. The molecule has 164 valence electrons. The molecule has 0 saturated carbocycles. The molecule has 1 N–H and O–H groups in total. The van der Waals surface area contributed by atoms with Crippen molar-refractivity contribution in [2.75, 3.05) is 31.8 Å². The highest BCUT2D eigenvalue weighted by Gasteiger charge is 2.42. The molecule has 3 aliphatic heterocycles. The van der Waals surface area contributed by atoms with E-state index in [1.54, 1.807) is 6.07 Å². The number of nitrogens with zero attached hydrogens (tertiary/aromatic N) is 2. The van der Waals surface area contributed by atoms with Gasteiger partial charge in [-0.05, 0) is 62.2 Å². The topological polar surface area (TPSA) is 65.0 Å². The Hall–Kier alpha value is -3.61. The van der Waals surface area contributed by atoms with Crippen molar-refractivity contribution in [2.24, 2.45) is 0 Å². The summed E-state index contributed by atoms with van der Waals surface area (Å²) in [6.07, 6.45) is 3.76. The summed E-state index contributed by atoms with van der Waals surface area (Å²) in [5.41, 5.74) is 3.85. The zero-order chi connectivity index (χ0) is 21.7. The van der Waals surface area contributed by atoms with Crippen molar-refractivity contribution in [1.29, 1.82) is 0 Å². The standard InChI is InChI=1S/C25H25N3O4/c1-2-30-18-6-7-20-19(15-18)26-25(23-4-3-11-28(20)23)9-12-27(13-10-25)24(29)17-5-8-21-22(14-17)32-16-31-21/h3-8,11,14-15,26H,2,9-10,12-13,16H2,1H3. The van der Waals surface area contributed by atoms with Gasteiger partial charge in [0.2, 0.25) is 6.79 Å². The Labute approximate surface area is 186 Å². The fourth-order valence-electron chi connectivity index (χ4n) is 5.07. The van der Waals surface area contributed by atoms with Gasteiger partial charge in [-0.25, -0.2) is 0 Å². The molecule has 7 heteroatoms. The minimum absolute atomic E-state index is 0.0309. The fourth-order valence-corrected chi connectivity index (χ4v) is 5.07. The molecule has 0 radical (unpaired) electrons. The summed E-state index contributed by atoms with van der Waals surface area (Å²) in [7, 11) is 0. The summed E-state index contributed by atoms with van der Waals surface area (Å²) in [4.78, 5) is 15.1. The van der Waals surface area contributed by atoms with Crippen LogP contribution in [0.15, 0.2) is 54.7 Å². The van der Waals surface area contributed by atoms with Crippen LogP contribution in [-0.4, -0.2) is 41.9 Å². The molecule has 0 atom stereocenters. The lowest BCUT2D eigenvalue weighted by Gasteiger charge is -2.46. The van der Waals surface area contributed by atoms with Crippen LogP contribution >= 0.6 is 0 Å². The van der Waals surface area contributed by atoms with Crippen LogP contribution in [0.25, 0.3) is 5.69 Å². The summed E-state index contributed by atoms with van der Waals surface area (Å²) < 4.78 is 18.8. The molecule has 2 aromatic carbocycles. The van der Waals surface area contributed by atoms with Gasteiger partial charge in [0, 0.05) is 36.6 Å². The molecule has 3 aromatic rings. The largest absolute Gasteiger partial charge is 0.494 e. The van der Waals surface area contributed by atoms with Crippen molar-refractivity contribution >= 4 is 11.6 Å². The maximum absolute atomic E-state index is 13.2. The Morgan fingerprint density at radius 2 is 1.94 bits per heavy atom. The first kappa shape index (κ1) is 19.1. The number of likely N-dealkylation sites (tertiary alicyclic amines) is 1. The van der Waals surface area contributed by atoms with Gasteiger partial charge in [-0.2, -0.15) is 0 Å². The van der Waals surface area contributed by atoms with Crippen molar-refractivity contribution in [2.45, 2.75) is 25.3 Å². The van der Waals surface area contributed by atoms with Gasteiger partial charge in [0.05, 0.1) is 23.5 Å². The molecule has 1 amide bonds. The van der Waals surface area contributed by atoms with E-state index in [1.807, 2.05) is 30.0 Å². The Morgan fingerprint density at radius 3 is 2.78 bits per heavy atom. The number of piperidine rings is 1. The summed E-state index contributed by atoms with van der Waals surface area (Å²) in [5.74, 6) is 2.22. The van der Waals surface area contributed by atoms with Crippen LogP contribution in [0.4, 0.5) is 5.69 Å². The van der Waals surface area contributed by atoms with Gasteiger partial charge in [-0.15, -0.1) is 0 Å². The lowest BCUT2D eigenvalue weighted by molar-refractivity contribution is 0.0676. The molecule has 0 unspecified atom stereocenters. The third kappa shape index (κ3) is 2.92. The summed E-state index contributed by atoms with van der Waals surface area (Å²) >= 11 is 0. The molecule has 1 spiro atoms. The highest BCUT2D eigenvalue weighted by Crippen LogP contribution is 2.44. The molecule has 3 aliphatic rings. The number of fused-ring (bicyclic) bond motifs is 5. The van der Waals surface area contributed by atoms with E-state index in [4.69, 9.17) is 14.2 Å². The van der Waals surface area contributed by atoms with Gasteiger partial charge in [0.1, 0.15) is 5.75 Å². The monoisotopic (exact) mass is 431 g/mol. The first-order chi connectivity index (χ1) is 15.7. The maximum Gasteiger partial charge on any atom is 0.253 e. The number of anilines is 1. The van der Waals surface area contributed by atoms with Crippen LogP contribution in [-0.2, 0) is 5.54 Å².